The van der Waals surface area contributed by atoms with Crippen LogP contribution in [0.5, 0.6) is 11.5 Å². The average molecular weight is 265 g/mol. The number of pyridine rings is 1. The summed E-state index contributed by atoms with van der Waals surface area (Å²) in [5.41, 5.74) is 0.785. The first-order chi connectivity index (χ1) is 8.56. The molecule has 1 aromatic carbocycles. The summed E-state index contributed by atoms with van der Waals surface area (Å²) < 4.78 is 5.44. The molecule has 0 unspecified atom stereocenters. The van der Waals surface area contributed by atoms with Crippen molar-refractivity contribution >= 4 is 17.3 Å². The van der Waals surface area contributed by atoms with Crippen molar-refractivity contribution in [3.63, 3.8) is 0 Å². The Balaban J connectivity index is 2.35. The van der Waals surface area contributed by atoms with E-state index in [0.29, 0.717) is 10.9 Å². The summed E-state index contributed by atoms with van der Waals surface area (Å²) in [5, 5.41) is 11.2. The molecule has 0 aliphatic rings. The molecule has 0 saturated carbocycles. The maximum atomic E-state index is 10.9. The molecule has 2 rings (SSSR count). The Bertz CT molecular complexity index is 584. The van der Waals surface area contributed by atoms with Gasteiger partial charge in [-0.05, 0) is 30.7 Å². The molecule has 0 aliphatic carbocycles. The fourth-order valence-electron chi connectivity index (χ4n) is 1.40. The zero-order valence-corrected chi connectivity index (χ0v) is 10.2. The van der Waals surface area contributed by atoms with Gasteiger partial charge in [0.15, 0.2) is 0 Å². The summed E-state index contributed by atoms with van der Waals surface area (Å²) >= 11 is 5.65. The Kier molecular flexibility index (Phi) is 3.43. The Hall–Kier alpha value is -2.14. The molecule has 0 aliphatic heterocycles. The lowest BCUT2D eigenvalue weighted by Crippen LogP contribution is -1.94. The molecule has 1 heterocycles. The van der Waals surface area contributed by atoms with Gasteiger partial charge >= 0.3 is 5.69 Å². The van der Waals surface area contributed by atoms with Crippen LogP contribution in [0.3, 0.4) is 0 Å². The first kappa shape index (κ1) is 12.3. The third kappa shape index (κ3) is 2.75. The van der Waals surface area contributed by atoms with Crippen LogP contribution in [0.15, 0.2) is 36.5 Å². The molecule has 18 heavy (non-hydrogen) atoms. The van der Waals surface area contributed by atoms with E-state index in [1.165, 1.54) is 12.3 Å². The number of hydrogen-bond donors (Lipinski definition) is 0. The number of aromatic nitrogens is 1. The summed E-state index contributed by atoms with van der Waals surface area (Å²) in [4.78, 5) is 14.2. The van der Waals surface area contributed by atoms with Crippen molar-refractivity contribution in [1.29, 1.82) is 0 Å². The van der Waals surface area contributed by atoms with Gasteiger partial charge < -0.3 is 4.74 Å². The number of benzene rings is 1. The van der Waals surface area contributed by atoms with Crippen LogP contribution >= 0.6 is 11.6 Å². The zero-order chi connectivity index (χ0) is 13.1. The van der Waals surface area contributed by atoms with Crippen molar-refractivity contribution in [3.8, 4) is 11.5 Å². The highest BCUT2D eigenvalue weighted by Crippen LogP contribution is 2.31. The van der Waals surface area contributed by atoms with Gasteiger partial charge in [0, 0.05) is 6.07 Å². The van der Waals surface area contributed by atoms with E-state index in [1.54, 1.807) is 24.3 Å². The third-order valence-corrected chi connectivity index (χ3v) is 2.46. The summed E-state index contributed by atoms with van der Waals surface area (Å²) in [6.45, 7) is 1.83. The van der Waals surface area contributed by atoms with Crippen molar-refractivity contribution < 1.29 is 9.66 Å². The van der Waals surface area contributed by atoms with Gasteiger partial charge in [-0.2, -0.15) is 0 Å². The highest BCUT2D eigenvalue weighted by molar-refractivity contribution is 6.29. The monoisotopic (exact) mass is 264 g/mol. The highest BCUT2D eigenvalue weighted by Gasteiger charge is 2.15. The van der Waals surface area contributed by atoms with Crippen LogP contribution in [0.25, 0.3) is 0 Å². The lowest BCUT2D eigenvalue weighted by molar-refractivity contribution is -0.385. The number of hydrogen-bond acceptors (Lipinski definition) is 4. The standard InChI is InChI=1S/C12H9ClN2O3/c1-8-2-4-10(15(16)17)11(6-8)18-9-3-5-12(13)14-7-9/h2-7H,1H3. The lowest BCUT2D eigenvalue weighted by Gasteiger charge is -2.06. The van der Waals surface area contributed by atoms with Gasteiger partial charge in [-0.3, -0.25) is 10.1 Å². The van der Waals surface area contributed by atoms with E-state index in [-0.39, 0.29) is 11.4 Å². The topological polar surface area (TPSA) is 65.3 Å². The Morgan fingerprint density at radius 1 is 1.33 bits per heavy atom. The molecule has 5 nitrogen and oxygen atoms in total. The first-order valence-electron chi connectivity index (χ1n) is 5.11. The molecule has 0 radical (unpaired) electrons. The van der Waals surface area contributed by atoms with Gasteiger partial charge in [-0.1, -0.05) is 17.7 Å². The smallest absolute Gasteiger partial charge is 0.311 e. The zero-order valence-electron chi connectivity index (χ0n) is 9.46. The summed E-state index contributed by atoms with van der Waals surface area (Å²) in [6, 6.07) is 7.83. The second-order valence-electron chi connectivity index (χ2n) is 3.65. The van der Waals surface area contributed by atoms with Crippen molar-refractivity contribution in [2.75, 3.05) is 0 Å². The Morgan fingerprint density at radius 2 is 2.11 bits per heavy atom. The van der Waals surface area contributed by atoms with E-state index in [4.69, 9.17) is 16.3 Å². The van der Waals surface area contributed by atoms with Gasteiger partial charge in [0.25, 0.3) is 0 Å². The minimum atomic E-state index is -0.488. The van der Waals surface area contributed by atoms with E-state index in [9.17, 15) is 10.1 Å². The summed E-state index contributed by atoms with van der Waals surface area (Å²) in [5.74, 6) is 0.581. The van der Waals surface area contributed by atoms with Gasteiger partial charge in [0.05, 0.1) is 11.1 Å². The van der Waals surface area contributed by atoms with E-state index in [2.05, 4.69) is 4.98 Å². The maximum absolute atomic E-state index is 10.9. The highest BCUT2D eigenvalue weighted by atomic mass is 35.5. The number of nitro benzene ring substituents is 1. The molecular formula is C12H9ClN2O3. The second-order valence-corrected chi connectivity index (χ2v) is 4.03. The molecule has 1 aromatic heterocycles. The summed E-state index contributed by atoms with van der Waals surface area (Å²) in [7, 11) is 0. The van der Waals surface area contributed by atoms with Crippen LogP contribution in [-0.2, 0) is 0 Å². The summed E-state index contributed by atoms with van der Waals surface area (Å²) in [6.07, 6.45) is 1.41. The predicted molar refractivity (Wildman–Crippen MR) is 67.2 cm³/mol. The molecular weight excluding hydrogens is 256 g/mol. The van der Waals surface area contributed by atoms with Gasteiger partial charge in [-0.15, -0.1) is 0 Å². The molecule has 0 N–H and O–H groups in total. The number of aryl methyl sites for hydroxylation is 1. The fourth-order valence-corrected chi connectivity index (χ4v) is 1.52. The van der Waals surface area contributed by atoms with Crippen LogP contribution in [-0.4, -0.2) is 9.91 Å². The second kappa shape index (κ2) is 5.01. The maximum Gasteiger partial charge on any atom is 0.311 e. The number of halogens is 1. The Labute approximate surface area is 108 Å². The van der Waals surface area contributed by atoms with E-state index >= 15 is 0 Å². The molecule has 6 heteroatoms. The molecule has 92 valence electrons. The minimum Gasteiger partial charge on any atom is -0.448 e. The van der Waals surface area contributed by atoms with E-state index < -0.39 is 4.92 Å². The van der Waals surface area contributed by atoms with Gasteiger partial charge in [-0.25, -0.2) is 4.98 Å². The van der Waals surface area contributed by atoms with Crippen molar-refractivity contribution in [3.05, 3.63) is 57.4 Å². The quantitative estimate of drug-likeness (QED) is 0.481. The van der Waals surface area contributed by atoms with Crippen LogP contribution in [0.1, 0.15) is 5.56 Å². The van der Waals surface area contributed by atoms with Crippen LogP contribution in [0, 0.1) is 17.0 Å². The van der Waals surface area contributed by atoms with Gasteiger partial charge in [0.1, 0.15) is 10.9 Å². The molecule has 0 fully saturated rings. The molecule has 0 amide bonds. The van der Waals surface area contributed by atoms with Crippen molar-refractivity contribution in [1.82, 2.24) is 4.98 Å². The van der Waals surface area contributed by atoms with Gasteiger partial charge in [0.2, 0.25) is 5.75 Å². The van der Waals surface area contributed by atoms with Crippen LogP contribution < -0.4 is 4.74 Å². The fraction of sp³-hybridized carbons (Fsp3) is 0.0833. The minimum absolute atomic E-state index is 0.0875. The number of ether oxygens (including phenoxy) is 1. The molecule has 0 saturated heterocycles. The first-order valence-corrected chi connectivity index (χ1v) is 5.48. The lowest BCUT2D eigenvalue weighted by atomic mass is 10.2. The van der Waals surface area contributed by atoms with E-state index in [0.717, 1.165) is 5.56 Å². The third-order valence-electron chi connectivity index (χ3n) is 2.24. The molecule has 0 spiro atoms. The largest absolute Gasteiger partial charge is 0.448 e. The predicted octanol–water partition coefficient (Wildman–Crippen LogP) is 3.74. The number of rotatable bonds is 3. The SMILES string of the molecule is Cc1ccc([N+](=O)[O-])c(Oc2ccc(Cl)nc2)c1. The number of nitro groups is 1. The normalized spacial score (nSPS) is 10.1. The van der Waals surface area contributed by atoms with Crippen LogP contribution in [0.2, 0.25) is 5.15 Å². The van der Waals surface area contributed by atoms with Crippen molar-refractivity contribution in [2.45, 2.75) is 6.92 Å². The van der Waals surface area contributed by atoms with E-state index in [1.807, 2.05) is 6.92 Å². The average Bonchev–Trinajstić information content (AvgIpc) is 2.32. The molecule has 0 atom stereocenters. The van der Waals surface area contributed by atoms with Crippen LogP contribution in [0.4, 0.5) is 5.69 Å². The number of nitrogens with zero attached hydrogens (tertiary/aromatic N) is 2. The molecule has 0 bridgehead atoms. The Morgan fingerprint density at radius 3 is 2.72 bits per heavy atom. The molecule has 2 aromatic rings. The van der Waals surface area contributed by atoms with Crippen molar-refractivity contribution in [2.24, 2.45) is 0 Å².